The highest BCUT2D eigenvalue weighted by Crippen LogP contribution is 2.19. The molecule has 0 bridgehead atoms. The fraction of sp³-hybridized carbons (Fsp3) is 0.462. The maximum atomic E-state index is 12.5. The molecule has 7 nitrogen and oxygen atoms in total. The number of aromatic nitrogens is 3. The van der Waals surface area contributed by atoms with Gasteiger partial charge in [0, 0.05) is 19.7 Å². The van der Waals surface area contributed by atoms with Gasteiger partial charge in [0.25, 0.3) is 5.91 Å². The molecule has 0 fully saturated rings. The topological polar surface area (TPSA) is 90.2 Å². The molecule has 0 aliphatic rings. The molecule has 2 rings (SSSR count). The third-order valence-electron chi connectivity index (χ3n) is 3.10. The van der Waals surface area contributed by atoms with Gasteiger partial charge in [0.1, 0.15) is 17.1 Å². The molecule has 2 N–H and O–H groups in total. The Morgan fingerprint density at radius 1 is 1.50 bits per heavy atom. The van der Waals surface area contributed by atoms with Crippen LogP contribution in [0.5, 0.6) is 0 Å². The number of carbonyl (C=O) groups excluding carboxylic acids is 1. The van der Waals surface area contributed by atoms with Crippen LogP contribution in [-0.2, 0) is 13.1 Å². The summed E-state index contributed by atoms with van der Waals surface area (Å²) in [6.45, 7) is 6.48. The molecule has 0 spiro atoms. The summed E-state index contributed by atoms with van der Waals surface area (Å²) < 4.78 is 6.62. The number of rotatable bonds is 4. The van der Waals surface area contributed by atoms with Gasteiger partial charge in [-0.25, -0.2) is 0 Å². The first-order valence-corrected chi connectivity index (χ1v) is 6.44. The molecule has 0 aliphatic heterocycles. The van der Waals surface area contributed by atoms with E-state index in [2.05, 4.69) is 10.3 Å². The van der Waals surface area contributed by atoms with E-state index in [1.807, 2.05) is 13.8 Å². The predicted molar refractivity (Wildman–Crippen MR) is 74.1 cm³/mol. The van der Waals surface area contributed by atoms with E-state index in [-0.39, 0.29) is 5.91 Å². The fourth-order valence-corrected chi connectivity index (χ4v) is 2.04. The number of carbonyl (C=O) groups is 1. The quantitative estimate of drug-likeness (QED) is 0.911. The summed E-state index contributed by atoms with van der Waals surface area (Å²) in [5.74, 6) is 0.542. The largest absolute Gasteiger partial charge is 0.395 e. The van der Waals surface area contributed by atoms with E-state index >= 15 is 0 Å². The number of anilines is 1. The highest BCUT2D eigenvalue weighted by Gasteiger charge is 2.22. The minimum atomic E-state index is -0.175. The van der Waals surface area contributed by atoms with E-state index in [1.165, 1.54) is 0 Å². The molecular weight excluding hydrogens is 258 g/mol. The number of aryl methyl sites for hydroxylation is 3. The van der Waals surface area contributed by atoms with Gasteiger partial charge in [-0.15, -0.1) is 0 Å². The summed E-state index contributed by atoms with van der Waals surface area (Å²) >= 11 is 0. The fourth-order valence-electron chi connectivity index (χ4n) is 2.04. The van der Waals surface area contributed by atoms with Gasteiger partial charge in [0.05, 0.1) is 17.9 Å². The molecule has 0 saturated carbocycles. The molecule has 2 aromatic rings. The van der Waals surface area contributed by atoms with Crippen molar-refractivity contribution in [3.05, 3.63) is 28.9 Å². The van der Waals surface area contributed by atoms with E-state index < -0.39 is 0 Å². The Morgan fingerprint density at radius 2 is 2.20 bits per heavy atom. The van der Waals surface area contributed by atoms with Gasteiger partial charge in [0.15, 0.2) is 0 Å². The van der Waals surface area contributed by atoms with Crippen LogP contribution in [0.15, 0.2) is 10.6 Å². The minimum absolute atomic E-state index is 0.175. The van der Waals surface area contributed by atoms with Crippen LogP contribution in [0.4, 0.5) is 5.69 Å². The molecule has 0 unspecified atom stereocenters. The standard InChI is InChI=1S/C13H19N5O2/c1-5-18-12(11(14)9(3)15-18)13(19)17(4)7-10-6-8(2)20-16-10/h6H,5,7,14H2,1-4H3. The maximum Gasteiger partial charge on any atom is 0.274 e. The number of hydrogen-bond donors (Lipinski definition) is 1. The Labute approximate surface area is 117 Å². The molecule has 0 atom stereocenters. The monoisotopic (exact) mass is 277 g/mol. The summed E-state index contributed by atoms with van der Waals surface area (Å²) in [6, 6.07) is 1.80. The van der Waals surface area contributed by atoms with Gasteiger partial charge in [-0.05, 0) is 20.8 Å². The lowest BCUT2D eigenvalue weighted by Crippen LogP contribution is -2.29. The normalized spacial score (nSPS) is 10.8. The van der Waals surface area contributed by atoms with E-state index in [0.717, 1.165) is 5.76 Å². The van der Waals surface area contributed by atoms with Crippen LogP contribution in [0, 0.1) is 13.8 Å². The van der Waals surface area contributed by atoms with Crippen LogP contribution in [0.1, 0.15) is 34.6 Å². The summed E-state index contributed by atoms with van der Waals surface area (Å²) in [5, 5.41) is 8.13. The van der Waals surface area contributed by atoms with Crippen molar-refractivity contribution in [1.82, 2.24) is 19.8 Å². The number of amides is 1. The first-order chi connectivity index (χ1) is 9.43. The van der Waals surface area contributed by atoms with Crippen molar-refractivity contribution in [2.75, 3.05) is 12.8 Å². The highest BCUT2D eigenvalue weighted by atomic mass is 16.5. The van der Waals surface area contributed by atoms with E-state index in [9.17, 15) is 4.79 Å². The third kappa shape index (κ3) is 2.52. The second-order valence-corrected chi connectivity index (χ2v) is 4.75. The smallest absolute Gasteiger partial charge is 0.274 e. The van der Waals surface area contributed by atoms with Gasteiger partial charge in [-0.2, -0.15) is 5.10 Å². The predicted octanol–water partition coefficient (Wildman–Crippen LogP) is 1.36. The molecule has 0 aliphatic carbocycles. The van der Waals surface area contributed by atoms with Gasteiger partial charge < -0.3 is 15.2 Å². The van der Waals surface area contributed by atoms with E-state index in [0.29, 0.717) is 35.9 Å². The van der Waals surface area contributed by atoms with Crippen LogP contribution in [0.2, 0.25) is 0 Å². The number of nitrogens with two attached hydrogens (primary N) is 1. The average Bonchev–Trinajstić information content (AvgIpc) is 2.93. The van der Waals surface area contributed by atoms with Gasteiger partial charge in [0.2, 0.25) is 0 Å². The number of nitrogens with zero attached hydrogens (tertiary/aromatic N) is 4. The summed E-state index contributed by atoms with van der Waals surface area (Å²) in [5.41, 5.74) is 8.18. The molecule has 0 saturated heterocycles. The lowest BCUT2D eigenvalue weighted by molar-refractivity contribution is 0.0771. The Morgan fingerprint density at radius 3 is 2.75 bits per heavy atom. The van der Waals surface area contributed by atoms with Crippen LogP contribution in [0.3, 0.4) is 0 Å². The SMILES string of the molecule is CCn1nc(C)c(N)c1C(=O)N(C)Cc1cc(C)on1. The van der Waals surface area contributed by atoms with Crippen LogP contribution in [0.25, 0.3) is 0 Å². The van der Waals surface area contributed by atoms with Crippen LogP contribution >= 0.6 is 0 Å². The van der Waals surface area contributed by atoms with E-state index in [4.69, 9.17) is 10.3 Å². The number of nitrogen functional groups attached to an aromatic ring is 1. The molecular formula is C13H19N5O2. The van der Waals surface area contributed by atoms with Crippen molar-refractivity contribution in [3.63, 3.8) is 0 Å². The van der Waals surface area contributed by atoms with Crippen molar-refractivity contribution in [1.29, 1.82) is 0 Å². The van der Waals surface area contributed by atoms with Crippen molar-refractivity contribution < 1.29 is 9.32 Å². The summed E-state index contributed by atoms with van der Waals surface area (Å²) in [7, 11) is 1.70. The molecule has 20 heavy (non-hydrogen) atoms. The Kier molecular flexibility index (Phi) is 3.78. The van der Waals surface area contributed by atoms with Crippen LogP contribution < -0.4 is 5.73 Å². The zero-order valence-electron chi connectivity index (χ0n) is 12.2. The second kappa shape index (κ2) is 5.36. The Hall–Kier alpha value is -2.31. The first kappa shape index (κ1) is 14.1. The maximum absolute atomic E-state index is 12.5. The van der Waals surface area contributed by atoms with Gasteiger partial charge in [-0.3, -0.25) is 9.48 Å². The van der Waals surface area contributed by atoms with Gasteiger partial charge >= 0.3 is 0 Å². The molecule has 7 heteroatoms. The lowest BCUT2D eigenvalue weighted by Gasteiger charge is -2.16. The molecule has 2 heterocycles. The van der Waals surface area contributed by atoms with Crippen LogP contribution in [-0.4, -0.2) is 32.8 Å². The van der Waals surface area contributed by atoms with E-state index in [1.54, 1.807) is 29.6 Å². The Bertz CT molecular complexity index is 629. The van der Waals surface area contributed by atoms with Crippen molar-refractivity contribution in [2.45, 2.75) is 33.9 Å². The third-order valence-corrected chi connectivity index (χ3v) is 3.10. The summed E-state index contributed by atoms with van der Waals surface area (Å²) in [4.78, 5) is 14.0. The average molecular weight is 277 g/mol. The molecule has 0 aromatic carbocycles. The lowest BCUT2D eigenvalue weighted by atomic mass is 10.2. The van der Waals surface area contributed by atoms with Crippen molar-refractivity contribution in [2.24, 2.45) is 0 Å². The molecule has 0 radical (unpaired) electrons. The first-order valence-electron chi connectivity index (χ1n) is 6.44. The number of hydrogen-bond acceptors (Lipinski definition) is 5. The Balaban J connectivity index is 2.22. The zero-order chi connectivity index (χ0) is 14.9. The van der Waals surface area contributed by atoms with Gasteiger partial charge in [-0.1, -0.05) is 5.16 Å². The minimum Gasteiger partial charge on any atom is -0.395 e. The molecule has 2 aromatic heterocycles. The zero-order valence-corrected chi connectivity index (χ0v) is 12.2. The van der Waals surface area contributed by atoms with Crippen molar-refractivity contribution >= 4 is 11.6 Å². The van der Waals surface area contributed by atoms with Crippen molar-refractivity contribution in [3.8, 4) is 0 Å². The summed E-state index contributed by atoms with van der Waals surface area (Å²) in [6.07, 6.45) is 0. The second-order valence-electron chi connectivity index (χ2n) is 4.75. The molecule has 108 valence electrons. The molecule has 1 amide bonds. The highest BCUT2D eigenvalue weighted by molar-refractivity contribution is 5.97.